The van der Waals surface area contributed by atoms with Crippen LogP contribution in [0.25, 0.3) is 0 Å². The van der Waals surface area contributed by atoms with Crippen molar-refractivity contribution in [1.82, 2.24) is 21.3 Å². The number of nitrogens with one attached hydrogen (secondary N) is 4. The van der Waals surface area contributed by atoms with Crippen molar-refractivity contribution >= 4 is 35.2 Å². The number of fused-ring (bicyclic) bond motifs is 1. The molecule has 0 aliphatic carbocycles. The fourth-order valence-corrected chi connectivity index (χ4v) is 4.08. The van der Waals surface area contributed by atoms with Crippen LogP contribution < -0.4 is 30.7 Å². The van der Waals surface area contributed by atoms with Crippen LogP contribution in [0.1, 0.15) is 43.5 Å². The zero-order valence-corrected chi connectivity index (χ0v) is 22.9. The van der Waals surface area contributed by atoms with Gasteiger partial charge in [-0.15, -0.1) is 0 Å². The molecule has 11 heteroatoms. The fourth-order valence-electron chi connectivity index (χ4n) is 3.95. The van der Waals surface area contributed by atoms with E-state index >= 15 is 0 Å². The molecule has 4 N–H and O–H groups in total. The van der Waals surface area contributed by atoms with Gasteiger partial charge in [0.15, 0.2) is 0 Å². The van der Waals surface area contributed by atoms with Crippen molar-refractivity contribution in [3.63, 3.8) is 0 Å². The summed E-state index contributed by atoms with van der Waals surface area (Å²) < 4.78 is 11.4. The summed E-state index contributed by atoms with van der Waals surface area (Å²) in [6, 6.07) is 11.5. The van der Waals surface area contributed by atoms with E-state index < -0.39 is 29.8 Å². The Morgan fingerprint density at radius 1 is 1.10 bits per heavy atom. The summed E-state index contributed by atoms with van der Waals surface area (Å²) in [4.78, 5) is 52.0. The Kier molecular flexibility index (Phi) is 11.4. The van der Waals surface area contributed by atoms with Gasteiger partial charge in [-0.05, 0) is 55.2 Å². The Bertz CT molecular complexity index is 1140. The Hall–Kier alpha value is -3.79. The SMILES string of the molecule is CC(C)C[C@H]1NC(=O)C[C@@H](C(=O)NCCOc2ccc(Cl)cc2)NC(=O)c2ccccc2OCCCNC1=O. The monoisotopic (exact) mass is 558 g/mol. The van der Waals surface area contributed by atoms with E-state index in [1.54, 1.807) is 48.5 Å². The van der Waals surface area contributed by atoms with Crippen molar-refractivity contribution in [2.75, 3.05) is 26.3 Å². The number of ether oxygens (including phenoxy) is 2. The second-order valence-corrected chi connectivity index (χ2v) is 10.00. The lowest BCUT2D eigenvalue weighted by atomic mass is 10.0. The van der Waals surface area contributed by atoms with Crippen molar-refractivity contribution in [1.29, 1.82) is 0 Å². The van der Waals surface area contributed by atoms with Gasteiger partial charge >= 0.3 is 0 Å². The molecule has 4 amide bonds. The molecule has 1 heterocycles. The number of hydrogen-bond acceptors (Lipinski definition) is 6. The zero-order chi connectivity index (χ0) is 28.2. The summed E-state index contributed by atoms with van der Waals surface area (Å²) in [6.45, 7) is 4.80. The summed E-state index contributed by atoms with van der Waals surface area (Å²) >= 11 is 5.88. The number of hydrogen-bond donors (Lipinski definition) is 4. The van der Waals surface area contributed by atoms with Crippen LogP contribution in [0.5, 0.6) is 11.5 Å². The third-order valence-electron chi connectivity index (χ3n) is 5.86. The number of benzene rings is 2. The second-order valence-electron chi connectivity index (χ2n) is 9.56. The summed E-state index contributed by atoms with van der Waals surface area (Å²) in [5, 5.41) is 11.5. The van der Waals surface area contributed by atoms with Crippen LogP contribution in [0.2, 0.25) is 5.02 Å². The van der Waals surface area contributed by atoms with Crippen molar-refractivity contribution < 1.29 is 28.7 Å². The van der Waals surface area contributed by atoms with Crippen LogP contribution in [0, 0.1) is 5.92 Å². The van der Waals surface area contributed by atoms with Gasteiger partial charge in [0.05, 0.1) is 25.1 Å². The summed E-state index contributed by atoms with van der Waals surface area (Å²) in [6.07, 6.45) is 0.568. The number of rotatable bonds is 7. The van der Waals surface area contributed by atoms with Crippen LogP contribution in [0.3, 0.4) is 0 Å². The van der Waals surface area contributed by atoms with Gasteiger partial charge in [-0.3, -0.25) is 19.2 Å². The molecular formula is C28H35ClN4O6. The van der Waals surface area contributed by atoms with E-state index in [-0.39, 0.29) is 43.6 Å². The van der Waals surface area contributed by atoms with Gasteiger partial charge in [0.25, 0.3) is 5.91 Å². The molecule has 0 radical (unpaired) electrons. The minimum Gasteiger partial charge on any atom is -0.493 e. The van der Waals surface area contributed by atoms with Crippen LogP contribution in [0.4, 0.5) is 0 Å². The van der Waals surface area contributed by atoms with Gasteiger partial charge < -0.3 is 30.7 Å². The number of carbonyl (C=O) groups is 4. The molecule has 0 aromatic heterocycles. The molecule has 2 aromatic carbocycles. The normalized spacial score (nSPS) is 18.8. The first kappa shape index (κ1) is 29.8. The van der Waals surface area contributed by atoms with E-state index in [1.807, 2.05) is 13.8 Å². The van der Waals surface area contributed by atoms with E-state index in [4.69, 9.17) is 21.1 Å². The summed E-state index contributed by atoms with van der Waals surface area (Å²) in [5.74, 6) is -0.898. The summed E-state index contributed by atoms with van der Waals surface area (Å²) in [5.41, 5.74) is 0.235. The van der Waals surface area contributed by atoms with E-state index in [0.717, 1.165) is 0 Å². The maximum Gasteiger partial charge on any atom is 0.255 e. The molecular weight excluding hydrogens is 524 g/mol. The van der Waals surface area contributed by atoms with Crippen molar-refractivity contribution in [3.8, 4) is 11.5 Å². The van der Waals surface area contributed by atoms with Crippen LogP contribution >= 0.6 is 11.6 Å². The molecule has 0 saturated heterocycles. The molecule has 2 aromatic rings. The van der Waals surface area contributed by atoms with Gasteiger partial charge in [0.2, 0.25) is 17.7 Å². The predicted octanol–water partition coefficient (Wildman–Crippen LogP) is 2.45. The zero-order valence-electron chi connectivity index (χ0n) is 22.1. The average molecular weight is 559 g/mol. The third kappa shape index (κ3) is 9.79. The lowest BCUT2D eigenvalue weighted by molar-refractivity contribution is -0.131. The van der Waals surface area contributed by atoms with Crippen LogP contribution in [-0.4, -0.2) is 62.0 Å². The first-order valence-corrected chi connectivity index (χ1v) is 13.4. The number of para-hydroxylation sites is 1. The number of carbonyl (C=O) groups excluding carboxylic acids is 4. The smallest absolute Gasteiger partial charge is 0.255 e. The van der Waals surface area contributed by atoms with E-state index in [1.165, 1.54) is 0 Å². The van der Waals surface area contributed by atoms with Gasteiger partial charge in [-0.25, -0.2) is 0 Å². The molecule has 1 aliphatic heterocycles. The molecule has 0 unspecified atom stereocenters. The van der Waals surface area contributed by atoms with E-state index in [9.17, 15) is 19.2 Å². The molecule has 210 valence electrons. The molecule has 2 atom stereocenters. The summed E-state index contributed by atoms with van der Waals surface area (Å²) in [7, 11) is 0. The van der Waals surface area contributed by atoms with Crippen LogP contribution in [0.15, 0.2) is 48.5 Å². The quantitative estimate of drug-likeness (QED) is 0.386. The Morgan fingerprint density at radius 3 is 2.59 bits per heavy atom. The highest BCUT2D eigenvalue weighted by Crippen LogP contribution is 2.19. The highest BCUT2D eigenvalue weighted by molar-refractivity contribution is 6.30. The third-order valence-corrected chi connectivity index (χ3v) is 6.12. The maximum atomic E-state index is 13.2. The van der Waals surface area contributed by atoms with Crippen molar-refractivity contribution in [2.24, 2.45) is 5.92 Å². The lowest BCUT2D eigenvalue weighted by Crippen LogP contribution is -2.52. The number of amides is 4. The van der Waals surface area contributed by atoms with Crippen LogP contribution in [-0.2, 0) is 14.4 Å². The predicted molar refractivity (Wildman–Crippen MR) is 147 cm³/mol. The average Bonchev–Trinajstić information content (AvgIpc) is 2.90. The van der Waals surface area contributed by atoms with Gasteiger partial charge in [-0.1, -0.05) is 37.6 Å². The minimum atomic E-state index is -1.20. The molecule has 1 aliphatic rings. The van der Waals surface area contributed by atoms with E-state index in [0.29, 0.717) is 35.9 Å². The Morgan fingerprint density at radius 2 is 1.85 bits per heavy atom. The van der Waals surface area contributed by atoms with E-state index in [2.05, 4.69) is 21.3 Å². The largest absolute Gasteiger partial charge is 0.493 e. The Labute approximate surface area is 233 Å². The highest BCUT2D eigenvalue weighted by Gasteiger charge is 2.28. The van der Waals surface area contributed by atoms with Gasteiger partial charge in [0.1, 0.15) is 30.2 Å². The maximum absolute atomic E-state index is 13.2. The topological polar surface area (TPSA) is 135 Å². The molecule has 0 saturated carbocycles. The van der Waals surface area contributed by atoms with Gasteiger partial charge in [-0.2, -0.15) is 0 Å². The van der Waals surface area contributed by atoms with Gasteiger partial charge in [0, 0.05) is 11.6 Å². The van der Waals surface area contributed by atoms with Crippen molar-refractivity contribution in [2.45, 2.75) is 45.2 Å². The minimum absolute atomic E-state index is 0.132. The van der Waals surface area contributed by atoms with Crippen molar-refractivity contribution in [3.05, 3.63) is 59.1 Å². The molecule has 3 rings (SSSR count). The molecule has 0 fully saturated rings. The second kappa shape index (κ2) is 15.0. The highest BCUT2D eigenvalue weighted by atomic mass is 35.5. The first-order valence-electron chi connectivity index (χ1n) is 13.0. The number of halogens is 1. The lowest BCUT2D eigenvalue weighted by Gasteiger charge is -2.22. The molecule has 10 nitrogen and oxygen atoms in total. The fraction of sp³-hybridized carbons (Fsp3) is 0.429. The standard InChI is InChI=1S/C28H35ClN4O6/c1-18(2)16-22-27(36)30-12-5-14-39-24-7-4-3-6-21(24)26(35)33-23(17-25(34)32-22)28(37)31-13-15-38-20-10-8-19(29)9-11-20/h3-4,6-11,18,22-23H,5,12-17H2,1-2H3,(H,30,36)(H,31,37)(H,32,34)(H,33,35)/t22-,23+/m1/s1. The molecule has 0 spiro atoms. The first-order chi connectivity index (χ1) is 18.7. The molecule has 39 heavy (non-hydrogen) atoms. The Balaban J connectivity index is 1.74. The molecule has 0 bridgehead atoms.